The Balaban J connectivity index is 1.89. The van der Waals surface area contributed by atoms with E-state index in [1.807, 2.05) is 31.2 Å². The third kappa shape index (κ3) is 5.39. The minimum atomic E-state index is -0.763. The van der Waals surface area contributed by atoms with Gasteiger partial charge in [-0.15, -0.1) is 0 Å². The minimum Gasteiger partial charge on any atom is -0.452 e. The van der Waals surface area contributed by atoms with Crippen LogP contribution in [0.5, 0.6) is 0 Å². The number of hydrogen-bond donors (Lipinski definition) is 1. The van der Waals surface area contributed by atoms with E-state index in [1.54, 1.807) is 0 Å². The number of aryl methyl sites for hydroxylation is 1. The van der Waals surface area contributed by atoms with Crippen LogP contribution >= 0.6 is 15.9 Å². The molecule has 2 aromatic rings. The van der Waals surface area contributed by atoms with E-state index >= 15 is 0 Å². The van der Waals surface area contributed by atoms with Gasteiger partial charge in [0.15, 0.2) is 6.61 Å². The summed E-state index contributed by atoms with van der Waals surface area (Å²) in [7, 11) is 0. The average Bonchev–Trinajstić information content (AvgIpc) is 2.61. The molecule has 2 aromatic carbocycles. The molecule has 0 heterocycles. The van der Waals surface area contributed by atoms with Gasteiger partial charge in [0.2, 0.25) is 0 Å². The molecular weight excluding hydrogens is 389 g/mol. The molecule has 1 atom stereocenters. The molecule has 0 fully saturated rings. The van der Waals surface area contributed by atoms with Crippen molar-refractivity contribution in [3.63, 3.8) is 0 Å². The first kappa shape index (κ1) is 19.1. The van der Waals surface area contributed by atoms with Gasteiger partial charge >= 0.3 is 5.97 Å². The number of carbonyl (C=O) groups excluding carboxylic acids is 2. The zero-order valence-electron chi connectivity index (χ0n) is 14.0. The second-order valence-electron chi connectivity index (χ2n) is 5.58. The Morgan fingerprint density at radius 3 is 2.52 bits per heavy atom. The molecule has 132 valence electrons. The monoisotopic (exact) mass is 407 g/mol. The van der Waals surface area contributed by atoms with Crippen molar-refractivity contribution in [3.8, 4) is 0 Å². The molecule has 0 spiro atoms. The number of benzene rings is 2. The maximum absolute atomic E-state index is 13.2. The minimum absolute atomic E-state index is 0.0380. The Kier molecular flexibility index (Phi) is 6.70. The zero-order valence-corrected chi connectivity index (χ0v) is 15.6. The first-order valence-electron chi connectivity index (χ1n) is 7.91. The highest BCUT2D eigenvalue weighted by molar-refractivity contribution is 9.10. The summed E-state index contributed by atoms with van der Waals surface area (Å²) < 4.78 is 18.6. The summed E-state index contributed by atoms with van der Waals surface area (Å²) in [5.74, 6) is -1.74. The number of halogens is 2. The summed E-state index contributed by atoms with van der Waals surface area (Å²) in [5, 5.41) is 2.76. The van der Waals surface area contributed by atoms with Crippen molar-refractivity contribution in [3.05, 3.63) is 69.4 Å². The van der Waals surface area contributed by atoms with E-state index in [0.29, 0.717) is 4.47 Å². The molecule has 6 heteroatoms. The lowest BCUT2D eigenvalue weighted by Crippen LogP contribution is -2.31. The van der Waals surface area contributed by atoms with E-state index in [0.717, 1.165) is 18.1 Å². The van der Waals surface area contributed by atoms with Crippen molar-refractivity contribution >= 4 is 27.8 Å². The van der Waals surface area contributed by atoms with E-state index in [9.17, 15) is 14.0 Å². The molecule has 0 saturated heterocycles. The van der Waals surface area contributed by atoms with Gasteiger partial charge in [-0.3, -0.25) is 4.79 Å². The molecule has 0 aliphatic carbocycles. The fourth-order valence-electron chi connectivity index (χ4n) is 2.27. The van der Waals surface area contributed by atoms with Crippen molar-refractivity contribution < 1.29 is 18.7 Å². The number of amides is 1. The van der Waals surface area contributed by atoms with E-state index < -0.39 is 24.3 Å². The molecule has 0 radical (unpaired) electrons. The van der Waals surface area contributed by atoms with Gasteiger partial charge in [0.1, 0.15) is 5.82 Å². The topological polar surface area (TPSA) is 55.4 Å². The Morgan fingerprint density at radius 2 is 1.88 bits per heavy atom. The van der Waals surface area contributed by atoms with Crippen molar-refractivity contribution in [2.75, 3.05) is 6.61 Å². The molecule has 4 nitrogen and oxygen atoms in total. The predicted octanol–water partition coefficient (Wildman–Crippen LogP) is 4.18. The molecule has 1 unspecified atom stereocenters. The Hall–Kier alpha value is -2.21. The van der Waals surface area contributed by atoms with Crippen LogP contribution in [-0.4, -0.2) is 18.5 Å². The largest absolute Gasteiger partial charge is 0.452 e. The molecule has 25 heavy (non-hydrogen) atoms. The van der Waals surface area contributed by atoms with Gasteiger partial charge in [0.05, 0.1) is 11.6 Å². The van der Waals surface area contributed by atoms with Crippen molar-refractivity contribution in [2.45, 2.75) is 26.3 Å². The van der Waals surface area contributed by atoms with Gasteiger partial charge in [-0.2, -0.15) is 0 Å². The summed E-state index contributed by atoms with van der Waals surface area (Å²) in [5.41, 5.74) is 2.22. The number of carbonyl (C=O) groups is 2. The highest BCUT2D eigenvalue weighted by Gasteiger charge is 2.16. The van der Waals surface area contributed by atoms with Gasteiger partial charge in [-0.05, 0) is 58.6 Å². The summed E-state index contributed by atoms with van der Waals surface area (Å²) >= 11 is 3.15. The van der Waals surface area contributed by atoms with Gasteiger partial charge in [-0.1, -0.05) is 31.2 Å². The first-order chi connectivity index (χ1) is 11.9. The molecule has 0 aliphatic rings. The Morgan fingerprint density at radius 1 is 1.20 bits per heavy atom. The van der Waals surface area contributed by atoms with Crippen LogP contribution in [0, 0.1) is 5.82 Å². The lowest BCUT2D eigenvalue weighted by molar-refractivity contribution is -0.124. The SMILES string of the molecule is CCc1ccc(C(C)NC(=O)COC(=O)c2cc(F)ccc2Br)cc1. The van der Waals surface area contributed by atoms with E-state index in [-0.39, 0.29) is 11.6 Å². The van der Waals surface area contributed by atoms with Crippen LogP contribution < -0.4 is 5.32 Å². The van der Waals surface area contributed by atoms with E-state index in [2.05, 4.69) is 28.2 Å². The number of ether oxygens (including phenoxy) is 1. The second-order valence-corrected chi connectivity index (χ2v) is 6.44. The van der Waals surface area contributed by atoms with Crippen molar-refractivity contribution in [1.82, 2.24) is 5.32 Å². The first-order valence-corrected chi connectivity index (χ1v) is 8.70. The third-order valence-electron chi connectivity index (χ3n) is 3.75. The maximum atomic E-state index is 13.2. The molecule has 0 aliphatic heterocycles. The van der Waals surface area contributed by atoms with Crippen LogP contribution in [0.3, 0.4) is 0 Å². The summed E-state index contributed by atoms with van der Waals surface area (Å²) in [4.78, 5) is 23.9. The van der Waals surface area contributed by atoms with Crippen LogP contribution in [0.25, 0.3) is 0 Å². The van der Waals surface area contributed by atoms with Crippen LogP contribution in [0.2, 0.25) is 0 Å². The number of hydrogen-bond acceptors (Lipinski definition) is 3. The number of nitrogens with one attached hydrogen (secondary N) is 1. The lowest BCUT2D eigenvalue weighted by Gasteiger charge is -2.15. The fraction of sp³-hybridized carbons (Fsp3) is 0.263. The lowest BCUT2D eigenvalue weighted by atomic mass is 10.1. The van der Waals surface area contributed by atoms with Gasteiger partial charge in [0.25, 0.3) is 5.91 Å². The molecule has 0 saturated carbocycles. The molecule has 0 aromatic heterocycles. The van der Waals surface area contributed by atoms with Crippen LogP contribution in [0.15, 0.2) is 46.9 Å². The molecule has 2 rings (SSSR count). The van der Waals surface area contributed by atoms with Gasteiger partial charge in [-0.25, -0.2) is 9.18 Å². The summed E-state index contributed by atoms with van der Waals surface area (Å²) in [6.07, 6.45) is 0.951. The summed E-state index contributed by atoms with van der Waals surface area (Å²) in [6, 6.07) is 11.4. The quantitative estimate of drug-likeness (QED) is 0.730. The molecule has 1 N–H and O–H groups in total. The fourth-order valence-corrected chi connectivity index (χ4v) is 2.68. The highest BCUT2D eigenvalue weighted by Crippen LogP contribution is 2.19. The van der Waals surface area contributed by atoms with Crippen LogP contribution in [-0.2, 0) is 16.0 Å². The maximum Gasteiger partial charge on any atom is 0.339 e. The van der Waals surface area contributed by atoms with Gasteiger partial charge < -0.3 is 10.1 Å². The highest BCUT2D eigenvalue weighted by atomic mass is 79.9. The van der Waals surface area contributed by atoms with Crippen molar-refractivity contribution in [2.24, 2.45) is 0 Å². The van der Waals surface area contributed by atoms with E-state index in [1.165, 1.54) is 17.7 Å². The Bertz CT molecular complexity index is 762. The Labute approximate surface area is 154 Å². The van der Waals surface area contributed by atoms with Crippen molar-refractivity contribution in [1.29, 1.82) is 0 Å². The second kappa shape index (κ2) is 8.76. The number of esters is 1. The standard InChI is InChI=1S/C19H19BrFNO3/c1-3-13-4-6-14(7-5-13)12(2)22-18(23)11-25-19(24)16-10-15(21)8-9-17(16)20/h4-10,12H,3,11H2,1-2H3,(H,22,23). The predicted molar refractivity (Wildman–Crippen MR) is 96.8 cm³/mol. The normalized spacial score (nSPS) is 11.7. The van der Waals surface area contributed by atoms with Crippen LogP contribution in [0.1, 0.15) is 41.4 Å². The third-order valence-corrected chi connectivity index (χ3v) is 4.44. The zero-order chi connectivity index (χ0) is 18.4. The van der Waals surface area contributed by atoms with E-state index in [4.69, 9.17) is 4.74 Å². The summed E-state index contributed by atoms with van der Waals surface area (Å²) in [6.45, 7) is 3.49. The molecular formula is C19H19BrFNO3. The van der Waals surface area contributed by atoms with Crippen LogP contribution in [0.4, 0.5) is 4.39 Å². The smallest absolute Gasteiger partial charge is 0.339 e. The average molecular weight is 408 g/mol. The molecule has 1 amide bonds. The van der Waals surface area contributed by atoms with Gasteiger partial charge in [0, 0.05) is 4.47 Å². The molecule has 0 bridgehead atoms. The number of rotatable bonds is 6.